The molecule has 23 nitrogen and oxygen atoms in total. The topological polar surface area (TPSA) is 318 Å². The van der Waals surface area contributed by atoms with Crippen LogP contribution in [-0.4, -0.2) is 106 Å². The Bertz CT molecular complexity index is 1770. The van der Waals surface area contributed by atoms with Crippen LogP contribution in [0.25, 0.3) is 11.2 Å². The zero-order valence-electron chi connectivity index (χ0n) is 24.0. The number of anilines is 1. The molecule has 2 aliphatic heterocycles. The maximum atomic E-state index is 12.2. The van der Waals surface area contributed by atoms with Crippen molar-refractivity contribution in [3.8, 4) is 0 Å². The monoisotopic (exact) mass is 775 g/mol. The van der Waals surface area contributed by atoms with Crippen molar-refractivity contribution in [2.75, 3.05) is 25.2 Å². The van der Waals surface area contributed by atoms with Gasteiger partial charge in [0, 0.05) is 24.5 Å². The Morgan fingerprint density at radius 1 is 0.833 bits per heavy atom. The molecule has 12 atom stereocenters. The molecule has 2 aliphatic rings. The van der Waals surface area contributed by atoms with Crippen molar-refractivity contribution < 1.29 is 70.1 Å². The van der Waals surface area contributed by atoms with Crippen LogP contribution in [-0.2, 0) is 49.7 Å². The van der Waals surface area contributed by atoms with Crippen LogP contribution in [0.1, 0.15) is 12.5 Å². The highest BCUT2D eigenvalue weighted by atomic mass is 32.2. The standard InChI is InChI=1S/C20H25N7O16P4S/c1-48-10-2-3-26(20(32)25-10)18-14(30)12(28)8(39-18)4-37-44(33)41-46(35)43-47(36)42-45(34)38-5-9-13(29)15(31)19(40-9)27-7-24-11-16(21)22-6-23-17(11)27/h2-3,6-9,12-15,18-19,28-31H,4-5H2,1H3,(H2,21,22,23)/q+4/t8-,9+,12-,13+,14-,15+,18-,19+/m1/s1. The predicted octanol–water partition coefficient (Wildman–Crippen LogP) is 0.338. The predicted molar refractivity (Wildman–Crippen MR) is 157 cm³/mol. The van der Waals surface area contributed by atoms with E-state index in [-0.39, 0.29) is 17.0 Å². The molecule has 0 aliphatic carbocycles. The smallest absolute Gasteiger partial charge is 0.387 e. The Kier molecular flexibility index (Phi) is 12.3. The van der Waals surface area contributed by atoms with Gasteiger partial charge in [0.15, 0.2) is 36.9 Å². The number of ether oxygens (including phenoxy) is 2. The molecular weight excluding hydrogens is 750 g/mol. The van der Waals surface area contributed by atoms with E-state index in [2.05, 4.69) is 32.9 Å². The Balaban J connectivity index is 1.03. The average Bonchev–Trinajstić information content (AvgIpc) is 3.69. The fraction of sp³-hybridized carbons (Fsp3) is 0.550. The Labute approximate surface area is 275 Å². The summed E-state index contributed by atoms with van der Waals surface area (Å²) >= 11 is 1.21. The molecule has 6 N–H and O–H groups in total. The second kappa shape index (κ2) is 16.0. The summed E-state index contributed by atoms with van der Waals surface area (Å²) in [5.41, 5.74) is 5.42. The van der Waals surface area contributed by atoms with Gasteiger partial charge in [-0.15, -0.1) is 20.8 Å². The van der Waals surface area contributed by atoms with E-state index in [1.165, 1.54) is 34.9 Å². The van der Waals surface area contributed by atoms with Gasteiger partial charge in [-0.3, -0.25) is 9.13 Å². The molecule has 3 aromatic rings. The second-order valence-corrected chi connectivity index (χ2v) is 14.7. The third-order valence-electron chi connectivity index (χ3n) is 6.71. The summed E-state index contributed by atoms with van der Waals surface area (Å²) < 4.78 is 84.3. The first-order valence-corrected chi connectivity index (χ1v) is 18.8. The van der Waals surface area contributed by atoms with E-state index >= 15 is 0 Å². The van der Waals surface area contributed by atoms with E-state index in [0.717, 1.165) is 10.9 Å². The number of aliphatic hydroxyl groups is 4. The molecule has 258 valence electrons. The summed E-state index contributed by atoms with van der Waals surface area (Å²) in [7, 11) is -13.4. The maximum Gasteiger partial charge on any atom is 0.798 e. The SMILES string of the molecule is CSc1ccn([C@@H]2O[C@H](CO[P+](=O)O[P+](=O)O[P+](=O)O[P+](=O)OC[C@@H]3O[C@H](n4cnc5c(N)ncnc54)[C@@H](O)[C@H]3O)[C@@H](O)[C@H]2O)c(=O)n1. The molecular formula is C20H25N7O16P4S+4. The number of aromatic nitrogens is 6. The van der Waals surface area contributed by atoms with E-state index in [4.69, 9.17) is 24.3 Å². The lowest BCUT2D eigenvalue weighted by Crippen LogP contribution is -2.36. The van der Waals surface area contributed by atoms with Gasteiger partial charge >= 0.3 is 38.7 Å². The minimum absolute atomic E-state index is 0.0723. The molecule has 0 bridgehead atoms. The number of aliphatic hydroxyl groups excluding tert-OH is 4. The van der Waals surface area contributed by atoms with Crippen LogP contribution in [0, 0.1) is 0 Å². The van der Waals surface area contributed by atoms with E-state index < -0.39 is 101 Å². The largest absolute Gasteiger partial charge is 0.798 e. The van der Waals surface area contributed by atoms with Gasteiger partial charge < -0.3 is 35.6 Å². The summed E-state index contributed by atoms with van der Waals surface area (Å²) in [5, 5.41) is 41.8. The summed E-state index contributed by atoms with van der Waals surface area (Å²) in [4.78, 5) is 27.9. The van der Waals surface area contributed by atoms with Crippen LogP contribution in [0.5, 0.6) is 0 Å². The van der Waals surface area contributed by atoms with Crippen LogP contribution in [0.3, 0.4) is 0 Å². The quantitative estimate of drug-likeness (QED) is 0.0789. The third-order valence-corrected chi connectivity index (χ3v) is 11.3. The number of hydrogen-bond donors (Lipinski definition) is 5. The number of imidazole rings is 1. The molecule has 0 spiro atoms. The van der Waals surface area contributed by atoms with Crippen molar-refractivity contribution in [3.63, 3.8) is 0 Å². The molecule has 2 fully saturated rings. The van der Waals surface area contributed by atoms with E-state index in [0.29, 0.717) is 5.03 Å². The van der Waals surface area contributed by atoms with Gasteiger partial charge in [0.05, 0.1) is 6.33 Å². The van der Waals surface area contributed by atoms with Crippen molar-refractivity contribution in [1.82, 2.24) is 29.1 Å². The minimum atomic E-state index is -3.45. The van der Waals surface area contributed by atoms with Gasteiger partial charge in [0.1, 0.15) is 66.7 Å². The lowest BCUT2D eigenvalue weighted by atomic mass is 10.1. The highest BCUT2D eigenvalue weighted by Crippen LogP contribution is 2.51. The highest BCUT2D eigenvalue weighted by molar-refractivity contribution is 7.98. The van der Waals surface area contributed by atoms with Crippen molar-refractivity contribution in [2.45, 2.75) is 54.1 Å². The van der Waals surface area contributed by atoms with Crippen molar-refractivity contribution in [2.24, 2.45) is 0 Å². The Hall–Kier alpha value is -2.46. The van der Waals surface area contributed by atoms with Gasteiger partial charge in [-0.1, -0.05) is 0 Å². The second-order valence-electron chi connectivity index (χ2n) is 9.57. The van der Waals surface area contributed by atoms with Crippen molar-refractivity contribution in [1.29, 1.82) is 0 Å². The van der Waals surface area contributed by atoms with Gasteiger partial charge in [0.25, 0.3) is 0 Å². The molecule has 5 heterocycles. The molecule has 48 heavy (non-hydrogen) atoms. The van der Waals surface area contributed by atoms with E-state index in [1.54, 1.807) is 6.26 Å². The van der Waals surface area contributed by atoms with Crippen LogP contribution in [0.2, 0.25) is 0 Å². The zero-order valence-corrected chi connectivity index (χ0v) is 28.4. The van der Waals surface area contributed by atoms with Crippen LogP contribution < -0.4 is 11.4 Å². The molecule has 0 saturated carbocycles. The summed E-state index contributed by atoms with van der Waals surface area (Å²) in [6, 6.07) is 1.49. The van der Waals surface area contributed by atoms with Gasteiger partial charge in [-0.2, -0.15) is 4.98 Å². The normalized spacial score (nSPS) is 28.5. The number of nitrogen functional groups attached to an aromatic ring is 1. The van der Waals surface area contributed by atoms with Crippen LogP contribution in [0.15, 0.2) is 34.7 Å². The molecule has 0 aromatic carbocycles. The number of nitrogens with two attached hydrogens (primary N) is 1. The number of hydrogen-bond acceptors (Lipinski definition) is 22. The zero-order chi connectivity index (χ0) is 34.7. The number of nitrogens with zero attached hydrogens (tertiary/aromatic N) is 6. The summed E-state index contributed by atoms with van der Waals surface area (Å²) in [6.07, 6.45) is -5.94. The van der Waals surface area contributed by atoms with E-state index in [1.807, 2.05) is 0 Å². The molecule has 4 unspecified atom stereocenters. The molecule has 2 saturated heterocycles. The lowest BCUT2D eigenvalue weighted by Gasteiger charge is -2.16. The first kappa shape index (κ1) is 36.8. The average molecular weight is 775 g/mol. The van der Waals surface area contributed by atoms with Crippen molar-refractivity contribution >= 4 is 61.8 Å². The third kappa shape index (κ3) is 8.28. The number of rotatable bonds is 15. The molecule has 5 rings (SSSR count). The lowest BCUT2D eigenvalue weighted by molar-refractivity contribution is -0.0517. The van der Waals surface area contributed by atoms with Gasteiger partial charge in [0.2, 0.25) is 0 Å². The molecule has 0 amide bonds. The van der Waals surface area contributed by atoms with Gasteiger partial charge in [-0.25, -0.2) is 19.7 Å². The molecule has 0 radical (unpaired) electrons. The highest BCUT2D eigenvalue weighted by Gasteiger charge is 2.56. The fourth-order valence-electron chi connectivity index (χ4n) is 4.46. The molecule has 28 heteroatoms. The van der Waals surface area contributed by atoms with Crippen LogP contribution in [0.4, 0.5) is 5.82 Å². The first-order valence-electron chi connectivity index (χ1n) is 13.2. The summed E-state index contributed by atoms with van der Waals surface area (Å²) in [6.45, 7) is -1.32. The van der Waals surface area contributed by atoms with E-state index in [9.17, 15) is 43.5 Å². The molecule has 3 aromatic heterocycles. The fourth-order valence-corrected chi connectivity index (χ4v) is 7.83. The minimum Gasteiger partial charge on any atom is -0.387 e. The van der Waals surface area contributed by atoms with Crippen molar-refractivity contribution in [3.05, 3.63) is 35.4 Å². The number of fused-ring (bicyclic) bond motifs is 1. The van der Waals surface area contributed by atoms with Gasteiger partial charge in [-0.05, 0) is 12.3 Å². The Morgan fingerprint density at radius 3 is 1.92 bits per heavy atom. The number of thioether (sulfide) groups is 1. The van der Waals surface area contributed by atoms with Crippen LogP contribution >= 0.6 is 44.8 Å². The Morgan fingerprint density at radius 2 is 1.38 bits per heavy atom. The maximum absolute atomic E-state index is 12.2. The first-order chi connectivity index (χ1) is 22.9. The summed E-state index contributed by atoms with van der Waals surface area (Å²) in [5.74, 6) is 0.0723.